The average molecular weight is 410 g/mol. The third-order valence-electron chi connectivity index (χ3n) is 5.03. The minimum Gasteiger partial charge on any atom is -0.438 e. The number of hydrogen-bond acceptors (Lipinski definition) is 6. The average Bonchev–Trinajstić information content (AvgIpc) is 3.47. The number of thiazole rings is 1. The number of oxazole rings is 1. The molecule has 5 nitrogen and oxygen atoms in total. The van der Waals surface area contributed by atoms with E-state index in [2.05, 4.69) is 16.0 Å². The zero-order valence-corrected chi connectivity index (χ0v) is 16.8. The topological polar surface area (TPSA) is 59.2 Å². The number of carbonyl (C=O) groups is 1. The molecule has 0 saturated carbocycles. The fourth-order valence-electron chi connectivity index (χ4n) is 3.68. The van der Waals surface area contributed by atoms with Crippen molar-refractivity contribution < 1.29 is 9.21 Å². The van der Waals surface area contributed by atoms with Crippen LogP contribution in [0.5, 0.6) is 0 Å². The number of thiophene rings is 1. The van der Waals surface area contributed by atoms with Gasteiger partial charge in [0.1, 0.15) is 16.6 Å². The highest BCUT2D eigenvalue weighted by Gasteiger charge is 2.31. The van der Waals surface area contributed by atoms with Gasteiger partial charge in [-0.3, -0.25) is 4.79 Å². The second-order valence-corrected chi connectivity index (χ2v) is 8.72. The van der Waals surface area contributed by atoms with Gasteiger partial charge >= 0.3 is 0 Å². The molecular formula is C21H19N3O2S2. The number of para-hydroxylation sites is 2. The van der Waals surface area contributed by atoms with Crippen LogP contribution in [0, 0.1) is 0 Å². The molecule has 1 aliphatic heterocycles. The number of carbonyl (C=O) groups excluding carboxylic acids is 1. The standard InChI is InChI=1S/C21H19N3O2S2/c25-19(12-14-13-28-21(22-14)18-9-5-11-27-18)24-10-4-3-7-16(24)20-23-15-6-1-2-8-17(15)26-20/h1-2,5-6,8-9,11,13,16H,3-4,7,10,12H2/t16-/m0/s1. The molecule has 28 heavy (non-hydrogen) atoms. The van der Waals surface area contributed by atoms with E-state index < -0.39 is 0 Å². The van der Waals surface area contributed by atoms with Crippen LogP contribution in [0.4, 0.5) is 0 Å². The molecule has 4 aromatic rings. The number of rotatable bonds is 4. The lowest BCUT2D eigenvalue weighted by Crippen LogP contribution is -2.39. The molecule has 5 rings (SSSR count). The Balaban J connectivity index is 1.36. The summed E-state index contributed by atoms with van der Waals surface area (Å²) in [5, 5.41) is 5.01. The fourth-order valence-corrected chi connectivity index (χ4v) is 5.31. The van der Waals surface area contributed by atoms with Crippen LogP contribution in [-0.4, -0.2) is 27.3 Å². The molecule has 1 amide bonds. The van der Waals surface area contributed by atoms with E-state index in [1.54, 1.807) is 22.7 Å². The Morgan fingerprint density at radius 1 is 1.14 bits per heavy atom. The summed E-state index contributed by atoms with van der Waals surface area (Å²) in [6.07, 6.45) is 3.29. The fraction of sp³-hybridized carbons (Fsp3) is 0.286. The van der Waals surface area contributed by atoms with Crippen molar-refractivity contribution in [3.63, 3.8) is 0 Å². The van der Waals surface area contributed by atoms with E-state index in [0.29, 0.717) is 12.3 Å². The first-order valence-electron chi connectivity index (χ1n) is 9.41. The number of benzene rings is 1. The largest absolute Gasteiger partial charge is 0.438 e. The van der Waals surface area contributed by atoms with Gasteiger partial charge in [0.15, 0.2) is 5.58 Å². The van der Waals surface area contributed by atoms with Crippen molar-refractivity contribution in [2.24, 2.45) is 0 Å². The summed E-state index contributed by atoms with van der Waals surface area (Å²) in [5.74, 6) is 0.738. The zero-order valence-electron chi connectivity index (χ0n) is 15.2. The molecule has 0 N–H and O–H groups in total. The first-order chi connectivity index (χ1) is 13.8. The minimum absolute atomic E-state index is 0.0926. The van der Waals surface area contributed by atoms with Gasteiger partial charge in [-0.05, 0) is 42.8 Å². The highest BCUT2D eigenvalue weighted by molar-refractivity contribution is 7.20. The van der Waals surface area contributed by atoms with Crippen LogP contribution in [0.2, 0.25) is 0 Å². The van der Waals surface area contributed by atoms with E-state index in [-0.39, 0.29) is 11.9 Å². The molecule has 0 radical (unpaired) electrons. The molecular weight excluding hydrogens is 390 g/mol. The highest BCUT2D eigenvalue weighted by atomic mass is 32.1. The maximum absolute atomic E-state index is 13.1. The lowest BCUT2D eigenvalue weighted by atomic mass is 10.0. The summed E-state index contributed by atoms with van der Waals surface area (Å²) in [5.41, 5.74) is 2.45. The van der Waals surface area contributed by atoms with Crippen LogP contribution >= 0.6 is 22.7 Å². The molecule has 142 valence electrons. The van der Waals surface area contributed by atoms with Gasteiger partial charge in [-0.1, -0.05) is 18.2 Å². The van der Waals surface area contributed by atoms with Crippen LogP contribution in [0.25, 0.3) is 21.0 Å². The number of amides is 1. The molecule has 0 bridgehead atoms. The quantitative estimate of drug-likeness (QED) is 0.458. The smallest absolute Gasteiger partial charge is 0.229 e. The van der Waals surface area contributed by atoms with E-state index in [4.69, 9.17) is 4.42 Å². The highest BCUT2D eigenvalue weighted by Crippen LogP contribution is 2.33. The lowest BCUT2D eigenvalue weighted by molar-refractivity contribution is -0.134. The zero-order chi connectivity index (χ0) is 18.9. The summed E-state index contributed by atoms with van der Waals surface area (Å²) < 4.78 is 5.97. The molecule has 1 saturated heterocycles. The van der Waals surface area contributed by atoms with Gasteiger partial charge in [-0.25, -0.2) is 9.97 Å². The Bertz CT molecular complexity index is 1070. The number of aromatic nitrogens is 2. The van der Waals surface area contributed by atoms with Crippen molar-refractivity contribution in [1.82, 2.24) is 14.9 Å². The first kappa shape index (κ1) is 17.6. The predicted molar refractivity (Wildman–Crippen MR) is 111 cm³/mol. The molecule has 0 spiro atoms. The summed E-state index contributed by atoms with van der Waals surface area (Å²) in [7, 11) is 0. The normalized spacial score (nSPS) is 17.3. The molecule has 1 aliphatic rings. The van der Waals surface area contributed by atoms with E-state index >= 15 is 0 Å². The molecule has 4 heterocycles. The van der Waals surface area contributed by atoms with E-state index in [1.807, 2.05) is 46.0 Å². The summed E-state index contributed by atoms with van der Waals surface area (Å²) in [6.45, 7) is 0.740. The van der Waals surface area contributed by atoms with Gasteiger partial charge in [-0.15, -0.1) is 22.7 Å². The van der Waals surface area contributed by atoms with E-state index in [9.17, 15) is 4.79 Å². The van der Waals surface area contributed by atoms with Crippen molar-refractivity contribution in [2.45, 2.75) is 31.7 Å². The Hall–Kier alpha value is -2.51. The Morgan fingerprint density at radius 3 is 2.93 bits per heavy atom. The Morgan fingerprint density at radius 2 is 2.07 bits per heavy atom. The number of hydrogen-bond donors (Lipinski definition) is 0. The minimum atomic E-state index is -0.0935. The van der Waals surface area contributed by atoms with Crippen LogP contribution in [0.15, 0.2) is 51.6 Å². The number of fused-ring (bicyclic) bond motifs is 1. The second kappa shape index (κ2) is 7.48. The van der Waals surface area contributed by atoms with Gasteiger partial charge in [0.25, 0.3) is 0 Å². The van der Waals surface area contributed by atoms with Crippen LogP contribution in [0.1, 0.15) is 36.9 Å². The van der Waals surface area contributed by atoms with E-state index in [0.717, 1.165) is 52.5 Å². The molecule has 7 heteroatoms. The van der Waals surface area contributed by atoms with Crippen LogP contribution < -0.4 is 0 Å². The Labute approximate surface area is 170 Å². The van der Waals surface area contributed by atoms with Crippen molar-refractivity contribution in [3.8, 4) is 9.88 Å². The lowest BCUT2D eigenvalue weighted by Gasteiger charge is -2.33. The molecule has 1 atom stereocenters. The molecule has 0 unspecified atom stereocenters. The van der Waals surface area contributed by atoms with Gasteiger partial charge < -0.3 is 9.32 Å². The monoisotopic (exact) mass is 409 g/mol. The maximum atomic E-state index is 13.1. The third kappa shape index (κ3) is 3.36. The number of likely N-dealkylation sites (tertiary alicyclic amines) is 1. The number of nitrogens with zero attached hydrogens (tertiary/aromatic N) is 3. The van der Waals surface area contributed by atoms with Crippen molar-refractivity contribution >= 4 is 39.7 Å². The van der Waals surface area contributed by atoms with Crippen LogP contribution in [0.3, 0.4) is 0 Å². The predicted octanol–water partition coefficient (Wildman–Crippen LogP) is 5.31. The summed E-state index contributed by atoms with van der Waals surface area (Å²) >= 11 is 3.26. The Kier molecular flexibility index (Phi) is 4.70. The van der Waals surface area contributed by atoms with Crippen molar-refractivity contribution in [3.05, 3.63) is 58.7 Å². The summed E-state index contributed by atoms with van der Waals surface area (Å²) in [4.78, 5) is 25.5. The van der Waals surface area contributed by atoms with Gasteiger partial charge in [0, 0.05) is 11.9 Å². The van der Waals surface area contributed by atoms with Gasteiger partial charge in [-0.2, -0.15) is 0 Å². The van der Waals surface area contributed by atoms with Crippen molar-refractivity contribution in [2.75, 3.05) is 6.54 Å². The van der Waals surface area contributed by atoms with Crippen molar-refractivity contribution in [1.29, 1.82) is 0 Å². The molecule has 1 aromatic carbocycles. The first-order valence-corrected chi connectivity index (χ1v) is 11.2. The van der Waals surface area contributed by atoms with E-state index in [1.165, 1.54) is 0 Å². The number of piperidine rings is 1. The third-order valence-corrected chi connectivity index (χ3v) is 6.96. The van der Waals surface area contributed by atoms with Crippen LogP contribution in [-0.2, 0) is 11.2 Å². The second-order valence-electron chi connectivity index (χ2n) is 6.92. The van der Waals surface area contributed by atoms with Gasteiger partial charge in [0.05, 0.1) is 17.0 Å². The molecule has 3 aromatic heterocycles. The molecule has 0 aliphatic carbocycles. The summed E-state index contributed by atoms with van der Waals surface area (Å²) in [6, 6.07) is 11.7. The maximum Gasteiger partial charge on any atom is 0.229 e. The molecule has 1 fully saturated rings. The van der Waals surface area contributed by atoms with Gasteiger partial charge in [0.2, 0.25) is 11.8 Å². The SMILES string of the molecule is O=C(Cc1csc(-c2cccs2)n1)N1CCCC[C@H]1c1nc2ccccc2o1.